The first-order valence-corrected chi connectivity index (χ1v) is 10.8. The van der Waals surface area contributed by atoms with Crippen LogP contribution in [0.5, 0.6) is 5.75 Å². The highest BCUT2D eigenvalue weighted by molar-refractivity contribution is 5.88. The van der Waals surface area contributed by atoms with Crippen molar-refractivity contribution in [2.45, 2.75) is 65.7 Å². The minimum atomic E-state index is -0.132. The molecule has 0 amide bonds. The van der Waals surface area contributed by atoms with Crippen molar-refractivity contribution in [3.05, 3.63) is 59.4 Å². The zero-order chi connectivity index (χ0) is 20.6. The Bertz CT molecular complexity index is 953. The molecule has 1 aromatic heterocycles. The molecule has 0 spiro atoms. The highest BCUT2D eigenvalue weighted by Crippen LogP contribution is 2.25. The lowest BCUT2D eigenvalue weighted by Crippen LogP contribution is -2.21. The lowest BCUT2D eigenvalue weighted by Gasteiger charge is -2.09. The third-order valence-corrected chi connectivity index (χ3v) is 5.56. The van der Waals surface area contributed by atoms with Crippen LogP contribution in [0.1, 0.15) is 67.2 Å². The molecule has 0 saturated heterocycles. The highest BCUT2D eigenvalue weighted by atomic mass is 16.5. The Kier molecular flexibility index (Phi) is 7.45. The summed E-state index contributed by atoms with van der Waals surface area (Å²) in [6.45, 7) is 6.20. The summed E-state index contributed by atoms with van der Waals surface area (Å²) >= 11 is 0. The van der Waals surface area contributed by atoms with Crippen molar-refractivity contribution in [1.29, 1.82) is 0 Å². The van der Waals surface area contributed by atoms with Crippen molar-refractivity contribution in [2.24, 2.45) is 0 Å². The van der Waals surface area contributed by atoms with E-state index in [1.807, 2.05) is 56.3 Å². The number of rotatable bonds is 10. The van der Waals surface area contributed by atoms with Crippen molar-refractivity contribution < 1.29 is 9.53 Å². The molecule has 29 heavy (non-hydrogen) atoms. The van der Waals surface area contributed by atoms with Gasteiger partial charge in [-0.25, -0.2) is 4.68 Å². The maximum absolute atomic E-state index is 12.8. The van der Waals surface area contributed by atoms with E-state index < -0.39 is 0 Å². The molecule has 0 radical (unpaired) electrons. The van der Waals surface area contributed by atoms with Crippen LogP contribution in [0.4, 0.5) is 0 Å². The molecule has 0 aliphatic rings. The predicted molar refractivity (Wildman–Crippen MR) is 119 cm³/mol. The Labute approximate surface area is 173 Å². The smallest absolute Gasteiger partial charge is 0.284 e. The van der Waals surface area contributed by atoms with Crippen LogP contribution in [0.15, 0.2) is 42.5 Å². The number of unbranched alkanes of at least 4 members (excludes halogenated alkanes) is 5. The molecule has 0 bridgehead atoms. The quantitative estimate of drug-likeness (QED) is 0.382. The van der Waals surface area contributed by atoms with E-state index in [-0.39, 0.29) is 12.5 Å². The average molecular weight is 393 g/mol. The van der Waals surface area contributed by atoms with Crippen LogP contribution in [-0.4, -0.2) is 22.3 Å². The Morgan fingerprint density at radius 1 is 0.966 bits per heavy atom. The summed E-state index contributed by atoms with van der Waals surface area (Å²) in [7, 11) is 0. The van der Waals surface area contributed by atoms with Crippen molar-refractivity contribution in [1.82, 2.24) is 9.78 Å². The van der Waals surface area contributed by atoms with E-state index in [0.29, 0.717) is 0 Å². The van der Waals surface area contributed by atoms with Gasteiger partial charge < -0.3 is 4.74 Å². The normalized spacial score (nSPS) is 11.1. The third-order valence-electron chi connectivity index (χ3n) is 5.56. The van der Waals surface area contributed by atoms with Crippen LogP contribution in [0.2, 0.25) is 0 Å². The van der Waals surface area contributed by atoms with E-state index >= 15 is 0 Å². The number of fused-ring (bicyclic) bond motifs is 1. The molecule has 4 nitrogen and oxygen atoms in total. The average Bonchev–Trinajstić information content (AvgIpc) is 3.02. The molecule has 0 atom stereocenters. The van der Waals surface area contributed by atoms with Crippen LogP contribution >= 0.6 is 0 Å². The molecule has 3 aromatic rings. The number of aryl methyl sites for hydroxylation is 1. The summed E-state index contributed by atoms with van der Waals surface area (Å²) in [6, 6.07) is 13.9. The molecule has 0 N–H and O–H groups in total. The van der Waals surface area contributed by atoms with Gasteiger partial charge in [-0.15, -0.1) is 0 Å². The summed E-state index contributed by atoms with van der Waals surface area (Å²) in [5.41, 5.74) is 3.11. The lowest BCUT2D eigenvalue weighted by atomic mass is 10.0. The van der Waals surface area contributed by atoms with E-state index in [9.17, 15) is 4.79 Å². The van der Waals surface area contributed by atoms with E-state index in [1.54, 1.807) is 0 Å². The predicted octanol–water partition coefficient (Wildman–Crippen LogP) is 6.28. The Balaban J connectivity index is 1.61. The largest absolute Gasteiger partial charge is 0.483 e. The van der Waals surface area contributed by atoms with Crippen molar-refractivity contribution in [3.63, 3.8) is 0 Å². The number of ether oxygens (including phenoxy) is 1. The number of carbonyl (C=O) groups is 1. The number of hydrogen-bond acceptors (Lipinski definition) is 3. The zero-order valence-corrected chi connectivity index (χ0v) is 17.9. The van der Waals surface area contributed by atoms with Crippen LogP contribution in [0.25, 0.3) is 10.8 Å². The Morgan fingerprint density at radius 3 is 2.52 bits per heavy atom. The number of benzene rings is 2. The van der Waals surface area contributed by atoms with Crippen LogP contribution < -0.4 is 4.74 Å². The number of carbonyl (C=O) groups excluding carboxylic acids is 1. The van der Waals surface area contributed by atoms with Gasteiger partial charge in [0.25, 0.3) is 5.91 Å². The minimum Gasteiger partial charge on any atom is -0.483 e. The summed E-state index contributed by atoms with van der Waals surface area (Å²) < 4.78 is 7.39. The molecular weight excluding hydrogens is 360 g/mol. The molecular formula is C25H32N2O2. The van der Waals surface area contributed by atoms with E-state index in [0.717, 1.165) is 40.8 Å². The molecule has 0 aliphatic heterocycles. The summed E-state index contributed by atoms with van der Waals surface area (Å²) in [5, 5.41) is 6.62. The molecule has 0 fully saturated rings. The van der Waals surface area contributed by atoms with E-state index in [1.165, 1.54) is 42.3 Å². The van der Waals surface area contributed by atoms with Gasteiger partial charge >= 0.3 is 0 Å². The topological polar surface area (TPSA) is 44.1 Å². The summed E-state index contributed by atoms with van der Waals surface area (Å²) in [6.07, 6.45) is 8.58. The van der Waals surface area contributed by atoms with Gasteiger partial charge in [-0.3, -0.25) is 4.79 Å². The van der Waals surface area contributed by atoms with Gasteiger partial charge in [0.15, 0.2) is 6.61 Å². The number of aromatic nitrogens is 2. The van der Waals surface area contributed by atoms with Gasteiger partial charge in [0.05, 0.1) is 5.69 Å². The standard InChI is InChI=1S/C25H32N2O2/c1-4-5-6-7-8-9-15-22-19(2)26-27(20(22)3)25(28)18-29-24-17-12-14-21-13-10-11-16-23(21)24/h10-14,16-17H,4-9,15,18H2,1-3H3. The second kappa shape index (κ2) is 10.2. The monoisotopic (exact) mass is 392 g/mol. The fourth-order valence-corrected chi connectivity index (χ4v) is 3.88. The van der Waals surface area contributed by atoms with Gasteiger partial charge in [-0.2, -0.15) is 5.10 Å². The van der Waals surface area contributed by atoms with Crippen molar-refractivity contribution in [3.8, 4) is 5.75 Å². The zero-order valence-electron chi connectivity index (χ0n) is 17.9. The Morgan fingerprint density at radius 2 is 1.69 bits per heavy atom. The maximum atomic E-state index is 12.8. The molecule has 3 rings (SSSR count). The number of hydrogen-bond donors (Lipinski definition) is 0. The minimum absolute atomic E-state index is 0.0214. The van der Waals surface area contributed by atoms with Gasteiger partial charge in [-0.1, -0.05) is 75.4 Å². The molecule has 154 valence electrons. The third kappa shape index (κ3) is 5.26. The summed E-state index contributed by atoms with van der Waals surface area (Å²) in [4.78, 5) is 12.8. The fourth-order valence-electron chi connectivity index (χ4n) is 3.88. The molecule has 2 aromatic carbocycles. The first-order chi connectivity index (χ1) is 14.1. The van der Waals surface area contributed by atoms with Crippen molar-refractivity contribution >= 4 is 16.7 Å². The van der Waals surface area contributed by atoms with Crippen LogP contribution in [0.3, 0.4) is 0 Å². The molecule has 0 aliphatic carbocycles. The maximum Gasteiger partial charge on any atom is 0.284 e. The number of nitrogens with zero attached hydrogens (tertiary/aromatic N) is 2. The molecule has 1 heterocycles. The first-order valence-electron chi connectivity index (χ1n) is 10.8. The second-order valence-electron chi connectivity index (χ2n) is 7.74. The van der Waals surface area contributed by atoms with E-state index in [4.69, 9.17) is 4.74 Å². The van der Waals surface area contributed by atoms with Gasteiger partial charge in [0.2, 0.25) is 0 Å². The van der Waals surface area contributed by atoms with Gasteiger partial charge in [0, 0.05) is 11.1 Å². The lowest BCUT2D eigenvalue weighted by molar-refractivity contribution is 0.0819. The molecule has 0 unspecified atom stereocenters. The summed E-state index contributed by atoms with van der Waals surface area (Å²) in [5.74, 6) is 0.595. The fraction of sp³-hybridized carbons (Fsp3) is 0.440. The van der Waals surface area contributed by atoms with Crippen LogP contribution in [-0.2, 0) is 6.42 Å². The van der Waals surface area contributed by atoms with Crippen molar-refractivity contribution in [2.75, 3.05) is 6.61 Å². The SMILES string of the molecule is CCCCCCCCc1c(C)nn(C(=O)COc2cccc3ccccc23)c1C. The van der Waals surface area contributed by atoms with E-state index in [2.05, 4.69) is 12.0 Å². The Hall–Kier alpha value is -2.62. The second-order valence-corrected chi connectivity index (χ2v) is 7.74. The highest BCUT2D eigenvalue weighted by Gasteiger charge is 2.17. The van der Waals surface area contributed by atoms with Gasteiger partial charge in [0.1, 0.15) is 5.75 Å². The molecule has 4 heteroatoms. The van der Waals surface area contributed by atoms with Crippen LogP contribution in [0, 0.1) is 13.8 Å². The van der Waals surface area contributed by atoms with Gasteiger partial charge in [-0.05, 0) is 43.7 Å². The first kappa shape index (κ1) is 21.1. The molecule has 0 saturated carbocycles.